The zero-order chi connectivity index (χ0) is 9.99. The van der Waals surface area contributed by atoms with Crippen LogP contribution in [0, 0.1) is 11.3 Å². The van der Waals surface area contributed by atoms with Crippen LogP contribution in [0.4, 0.5) is 0 Å². The maximum atomic E-state index is 9.77. The molecule has 0 saturated carbocycles. The summed E-state index contributed by atoms with van der Waals surface area (Å²) >= 11 is 0. The van der Waals surface area contributed by atoms with Gasteiger partial charge in [0.15, 0.2) is 0 Å². The fraction of sp³-hybridized carbons (Fsp3) is 0.818. The standard InChI is InChI=1S/C11H22O/c1-7-9(11(5,6)12)8-10(2,3)4/h7,9,12H,1,8H2,2-6H3. The highest BCUT2D eigenvalue weighted by atomic mass is 16.3. The topological polar surface area (TPSA) is 20.2 Å². The number of hydrogen-bond donors (Lipinski definition) is 1. The zero-order valence-corrected chi connectivity index (χ0v) is 9.02. The van der Waals surface area contributed by atoms with Crippen molar-refractivity contribution in [1.29, 1.82) is 0 Å². The highest BCUT2D eigenvalue weighted by Gasteiger charge is 2.27. The lowest BCUT2D eigenvalue weighted by atomic mass is 9.78. The second-order valence-electron chi connectivity index (χ2n) is 5.26. The van der Waals surface area contributed by atoms with Crippen molar-refractivity contribution in [2.45, 2.75) is 46.6 Å². The summed E-state index contributed by atoms with van der Waals surface area (Å²) in [6, 6.07) is 0. The van der Waals surface area contributed by atoms with E-state index in [0.29, 0.717) is 0 Å². The molecular formula is C11H22O. The monoisotopic (exact) mass is 170 g/mol. The van der Waals surface area contributed by atoms with Crippen LogP contribution >= 0.6 is 0 Å². The van der Waals surface area contributed by atoms with Gasteiger partial charge in [0, 0.05) is 5.92 Å². The van der Waals surface area contributed by atoms with Gasteiger partial charge in [-0.25, -0.2) is 0 Å². The molecule has 1 N–H and O–H groups in total. The molecule has 0 aromatic carbocycles. The molecule has 0 aliphatic heterocycles. The summed E-state index contributed by atoms with van der Waals surface area (Å²) in [6.45, 7) is 14.0. The van der Waals surface area contributed by atoms with Crippen LogP contribution in [0.15, 0.2) is 12.7 Å². The molecule has 12 heavy (non-hydrogen) atoms. The molecule has 0 fully saturated rings. The molecule has 0 spiro atoms. The van der Waals surface area contributed by atoms with E-state index in [1.807, 2.05) is 19.9 Å². The normalized spacial score (nSPS) is 15.8. The number of hydrogen-bond acceptors (Lipinski definition) is 1. The Bertz CT molecular complexity index is 145. The molecule has 0 bridgehead atoms. The highest BCUT2D eigenvalue weighted by Crippen LogP contribution is 2.31. The summed E-state index contributed by atoms with van der Waals surface area (Å²) in [4.78, 5) is 0. The lowest BCUT2D eigenvalue weighted by Crippen LogP contribution is -2.32. The molecule has 0 aromatic rings. The van der Waals surface area contributed by atoms with E-state index in [-0.39, 0.29) is 11.3 Å². The van der Waals surface area contributed by atoms with Crippen molar-refractivity contribution in [3.8, 4) is 0 Å². The lowest BCUT2D eigenvalue weighted by molar-refractivity contribution is 0.0209. The molecule has 1 nitrogen and oxygen atoms in total. The fourth-order valence-corrected chi connectivity index (χ4v) is 1.28. The molecule has 0 radical (unpaired) electrons. The first kappa shape index (κ1) is 11.7. The predicted molar refractivity (Wildman–Crippen MR) is 54.1 cm³/mol. The minimum absolute atomic E-state index is 0.178. The van der Waals surface area contributed by atoms with Crippen molar-refractivity contribution in [3.63, 3.8) is 0 Å². The van der Waals surface area contributed by atoms with Crippen LogP contribution in [-0.4, -0.2) is 10.7 Å². The van der Waals surface area contributed by atoms with Crippen molar-refractivity contribution in [2.24, 2.45) is 11.3 Å². The average Bonchev–Trinajstić information content (AvgIpc) is 1.78. The van der Waals surface area contributed by atoms with Crippen LogP contribution in [0.25, 0.3) is 0 Å². The van der Waals surface area contributed by atoms with Crippen molar-refractivity contribution < 1.29 is 5.11 Å². The lowest BCUT2D eigenvalue weighted by Gasteiger charge is -2.32. The van der Waals surface area contributed by atoms with Gasteiger partial charge in [0.2, 0.25) is 0 Å². The Morgan fingerprint density at radius 1 is 1.25 bits per heavy atom. The minimum Gasteiger partial charge on any atom is -0.390 e. The van der Waals surface area contributed by atoms with Gasteiger partial charge in [-0.05, 0) is 25.7 Å². The van der Waals surface area contributed by atoms with E-state index in [9.17, 15) is 5.11 Å². The Balaban J connectivity index is 4.30. The average molecular weight is 170 g/mol. The van der Waals surface area contributed by atoms with Crippen molar-refractivity contribution in [1.82, 2.24) is 0 Å². The Labute approximate surface area is 76.5 Å². The van der Waals surface area contributed by atoms with Gasteiger partial charge in [0.25, 0.3) is 0 Å². The van der Waals surface area contributed by atoms with E-state index in [0.717, 1.165) is 6.42 Å². The van der Waals surface area contributed by atoms with E-state index < -0.39 is 5.60 Å². The summed E-state index contributed by atoms with van der Waals surface area (Å²) in [5.41, 5.74) is -0.395. The van der Waals surface area contributed by atoms with E-state index in [1.165, 1.54) is 0 Å². The first-order valence-electron chi connectivity index (χ1n) is 4.52. The molecule has 0 rings (SSSR count). The Hall–Kier alpha value is -0.300. The van der Waals surface area contributed by atoms with Gasteiger partial charge >= 0.3 is 0 Å². The molecular weight excluding hydrogens is 148 g/mol. The van der Waals surface area contributed by atoms with Gasteiger partial charge in [0.05, 0.1) is 5.60 Å². The molecule has 0 aliphatic carbocycles. The van der Waals surface area contributed by atoms with Crippen LogP contribution in [0.5, 0.6) is 0 Å². The van der Waals surface area contributed by atoms with Crippen LogP contribution in [0.1, 0.15) is 41.0 Å². The maximum Gasteiger partial charge on any atom is 0.0654 e. The minimum atomic E-state index is -0.644. The maximum absolute atomic E-state index is 9.77. The van der Waals surface area contributed by atoms with Gasteiger partial charge in [-0.15, -0.1) is 6.58 Å². The second-order valence-corrected chi connectivity index (χ2v) is 5.26. The zero-order valence-electron chi connectivity index (χ0n) is 9.02. The summed E-state index contributed by atoms with van der Waals surface area (Å²) in [7, 11) is 0. The summed E-state index contributed by atoms with van der Waals surface area (Å²) in [5.74, 6) is 0.178. The van der Waals surface area contributed by atoms with Crippen molar-refractivity contribution in [3.05, 3.63) is 12.7 Å². The Morgan fingerprint density at radius 3 is 1.75 bits per heavy atom. The summed E-state index contributed by atoms with van der Waals surface area (Å²) in [6.07, 6.45) is 2.82. The molecule has 0 aromatic heterocycles. The Kier molecular flexibility index (Phi) is 3.52. The van der Waals surface area contributed by atoms with Crippen LogP contribution < -0.4 is 0 Å². The highest BCUT2D eigenvalue weighted by molar-refractivity contribution is 4.92. The molecule has 72 valence electrons. The Morgan fingerprint density at radius 2 is 1.67 bits per heavy atom. The van der Waals surface area contributed by atoms with E-state index in [2.05, 4.69) is 27.4 Å². The third kappa shape index (κ3) is 4.55. The van der Waals surface area contributed by atoms with Crippen LogP contribution in [0.2, 0.25) is 0 Å². The van der Waals surface area contributed by atoms with Gasteiger partial charge in [-0.1, -0.05) is 26.8 Å². The molecule has 0 aliphatic rings. The van der Waals surface area contributed by atoms with Gasteiger partial charge in [-0.3, -0.25) is 0 Å². The first-order chi connectivity index (χ1) is 5.17. The third-order valence-electron chi connectivity index (χ3n) is 2.02. The molecule has 0 heterocycles. The largest absolute Gasteiger partial charge is 0.390 e. The van der Waals surface area contributed by atoms with Crippen LogP contribution in [-0.2, 0) is 0 Å². The van der Waals surface area contributed by atoms with Gasteiger partial charge in [-0.2, -0.15) is 0 Å². The molecule has 1 heteroatoms. The predicted octanol–water partition coefficient (Wildman–Crippen LogP) is 3.00. The van der Waals surface area contributed by atoms with E-state index in [4.69, 9.17) is 0 Å². The van der Waals surface area contributed by atoms with Crippen LogP contribution in [0.3, 0.4) is 0 Å². The molecule has 0 amide bonds. The SMILES string of the molecule is C=CC(CC(C)(C)C)C(C)(C)O. The quantitative estimate of drug-likeness (QED) is 0.646. The van der Waals surface area contributed by atoms with Crippen molar-refractivity contribution >= 4 is 0 Å². The third-order valence-corrected chi connectivity index (χ3v) is 2.02. The summed E-state index contributed by atoms with van der Waals surface area (Å²) in [5, 5.41) is 9.77. The van der Waals surface area contributed by atoms with Gasteiger partial charge < -0.3 is 5.11 Å². The number of rotatable bonds is 3. The molecule has 1 atom stereocenters. The molecule has 0 saturated heterocycles. The fourth-order valence-electron chi connectivity index (χ4n) is 1.28. The first-order valence-corrected chi connectivity index (χ1v) is 4.52. The second kappa shape index (κ2) is 3.61. The molecule has 1 unspecified atom stereocenters. The van der Waals surface area contributed by atoms with E-state index in [1.54, 1.807) is 0 Å². The smallest absolute Gasteiger partial charge is 0.0654 e. The number of aliphatic hydroxyl groups is 1. The van der Waals surface area contributed by atoms with Crippen molar-refractivity contribution in [2.75, 3.05) is 0 Å². The van der Waals surface area contributed by atoms with Gasteiger partial charge in [0.1, 0.15) is 0 Å². The summed E-state index contributed by atoms with van der Waals surface area (Å²) < 4.78 is 0. The van der Waals surface area contributed by atoms with E-state index >= 15 is 0 Å².